The van der Waals surface area contributed by atoms with E-state index in [9.17, 15) is 4.91 Å². The van der Waals surface area contributed by atoms with Gasteiger partial charge in [-0.1, -0.05) is 18.5 Å². The van der Waals surface area contributed by atoms with Crippen LogP contribution in [0.2, 0.25) is 0 Å². The van der Waals surface area contributed by atoms with Gasteiger partial charge in [-0.2, -0.15) is 4.91 Å². The molecular weight excluding hydrogens is 188 g/mol. The molecule has 2 aliphatic rings. The van der Waals surface area contributed by atoms with Crippen LogP contribution in [0.4, 0.5) is 0 Å². The number of nitroso groups, excluding NO2 is 1. The van der Waals surface area contributed by atoms with Gasteiger partial charge in [0.1, 0.15) is 0 Å². The third-order valence-corrected chi connectivity index (χ3v) is 4.27. The van der Waals surface area contributed by atoms with Crippen molar-refractivity contribution < 1.29 is 0 Å². The SMILES string of the molecule is CCC1CCN(C2CCC(N=O)C2)CC1. The van der Waals surface area contributed by atoms with Gasteiger partial charge in [0.05, 0.1) is 6.04 Å². The molecule has 3 nitrogen and oxygen atoms in total. The van der Waals surface area contributed by atoms with Gasteiger partial charge in [-0.25, -0.2) is 0 Å². The third kappa shape index (κ3) is 2.57. The highest BCUT2D eigenvalue weighted by Crippen LogP contribution is 2.30. The van der Waals surface area contributed by atoms with Crippen molar-refractivity contribution in [2.24, 2.45) is 11.1 Å². The molecule has 0 N–H and O–H groups in total. The van der Waals surface area contributed by atoms with Crippen LogP contribution in [0.1, 0.15) is 45.4 Å². The van der Waals surface area contributed by atoms with Crippen molar-refractivity contribution in [3.8, 4) is 0 Å². The predicted octanol–water partition coefficient (Wildman–Crippen LogP) is 2.80. The molecule has 2 unspecified atom stereocenters. The maximum atomic E-state index is 10.5. The predicted molar refractivity (Wildman–Crippen MR) is 61.8 cm³/mol. The van der Waals surface area contributed by atoms with E-state index in [1.54, 1.807) is 0 Å². The zero-order valence-corrected chi connectivity index (χ0v) is 9.69. The molecule has 2 atom stereocenters. The van der Waals surface area contributed by atoms with Crippen LogP contribution < -0.4 is 0 Å². The van der Waals surface area contributed by atoms with Gasteiger partial charge in [0, 0.05) is 6.04 Å². The summed E-state index contributed by atoms with van der Waals surface area (Å²) in [6.45, 7) is 4.78. The Labute approximate surface area is 92.2 Å². The first-order chi connectivity index (χ1) is 7.33. The van der Waals surface area contributed by atoms with Gasteiger partial charge in [0.2, 0.25) is 0 Å². The lowest BCUT2D eigenvalue weighted by molar-refractivity contribution is 0.132. The van der Waals surface area contributed by atoms with Gasteiger partial charge in [0.15, 0.2) is 0 Å². The molecule has 1 saturated heterocycles. The molecule has 1 saturated carbocycles. The maximum absolute atomic E-state index is 10.5. The molecule has 0 aromatic rings. The molecule has 1 heterocycles. The van der Waals surface area contributed by atoms with Crippen molar-refractivity contribution in [3.05, 3.63) is 4.91 Å². The second-order valence-corrected chi connectivity index (χ2v) is 5.11. The zero-order valence-electron chi connectivity index (χ0n) is 9.69. The molecule has 86 valence electrons. The molecule has 0 bridgehead atoms. The van der Waals surface area contributed by atoms with Crippen molar-refractivity contribution in [3.63, 3.8) is 0 Å². The van der Waals surface area contributed by atoms with E-state index in [1.807, 2.05) is 0 Å². The highest BCUT2D eigenvalue weighted by atomic mass is 16.3. The quantitative estimate of drug-likeness (QED) is 0.671. The lowest BCUT2D eigenvalue weighted by atomic mass is 9.93. The van der Waals surface area contributed by atoms with Crippen LogP contribution in [0.3, 0.4) is 0 Å². The molecule has 3 heteroatoms. The summed E-state index contributed by atoms with van der Waals surface area (Å²) in [6.07, 6.45) is 7.25. The molecule has 1 aliphatic heterocycles. The standard InChI is InChI=1S/C12H22N2O/c1-2-10-5-7-14(8-6-10)12-4-3-11(9-12)13-15/h10-12H,2-9H2,1H3. The van der Waals surface area contributed by atoms with Gasteiger partial charge < -0.3 is 4.90 Å². The van der Waals surface area contributed by atoms with Crippen LogP contribution in [0.5, 0.6) is 0 Å². The van der Waals surface area contributed by atoms with Crippen LogP contribution in [0, 0.1) is 10.8 Å². The van der Waals surface area contributed by atoms with E-state index in [0.29, 0.717) is 6.04 Å². The first kappa shape index (κ1) is 11.1. The Hall–Kier alpha value is -0.440. The zero-order chi connectivity index (χ0) is 10.7. The van der Waals surface area contributed by atoms with Crippen LogP contribution in [-0.2, 0) is 0 Å². The van der Waals surface area contributed by atoms with E-state index >= 15 is 0 Å². The van der Waals surface area contributed by atoms with E-state index in [2.05, 4.69) is 17.0 Å². The summed E-state index contributed by atoms with van der Waals surface area (Å²) in [6, 6.07) is 0.768. The summed E-state index contributed by atoms with van der Waals surface area (Å²) in [5.41, 5.74) is 0. The Bertz CT molecular complexity index is 212. The number of hydrogen-bond donors (Lipinski definition) is 0. The largest absolute Gasteiger partial charge is 0.300 e. The maximum Gasteiger partial charge on any atom is 0.0935 e. The third-order valence-electron chi connectivity index (χ3n) is 4.27. The second-order valence-electron chi connectivity index (χ2n) is 5.11. The summed E-state index contributed by atoms with van der Waals surface area (Å²) in [5, 5.41) is 3.19. The van der Waals surface area contributed by atoms with E-state index in [0.717, 1.165) is 18.8 Å². The van der Waals surface area contributed by atoms with Crippen molar-refractivity contribution >= 4 is 0 Å². The Kier molecular flexibility index (Phi) is 3.73. The fourth-order valence-electron chi connectivity index (χ4n) is 3.09. The van der Waals surface area contributed by atoms with Gasteiger partial charge in [-0.15, -0.1) is 0 Å². The molecule has 1 aliphatic carbocycles. The second kappa shape index (κ2) is 5.06. The van der Waals surface area contributed by atoms with Crippen molar-refractivity contribution in [1.82, 2.24) is 4.90 Å². The fourth-order valence-corrected chi connectivity index (χ4v) is 3.09. The molecular formula is C12H22N2O. The van der Waals surface area contributed by atoms with Gasteiger partial charge in [0.25, 0.3) is 0 Å². The molecule has 0 amide bonds. The minimum Gasteiger partial charge on any atom is -0.300 e. The van der Waals surface area contributed by atoms with Gasteiger partial charge in [-0.3, -0.25) is 0 Å². The average Bonchev–Trinajstić information content (AvgIpc) is 2.78. The molecule has 2 fully saturated rings. The monoisotopic (exact) mass is 210 g/mol. The summed E-state index contributed by atoms with van der Waals surface area (Å²) < 4.78 is 0. The van der Waals surface area contributed by atoms with E-state index < -0.39 is 0 Å². The van der Waals surface area contributed by atoms with E-state index in [-0.39, 0.29) is 6.04 Å². The highest BCUT2D eigenvalue weighted by Gasteiger charge is 2.31. The Morgan fingerprint density at radius 1 is 1.20 bits per heavy atom. The number of hydrogen-bond acceptors (Lipinski definition) is 3. The lowest BCUT2D eigenvalue weighted by Crippen LogP contribution is -2.40. The van der Waals surface area contributed by atoms with Crippen LogP contribution in [0.25, 0.3) is 0 Å². The minimum atomic E-state index is 0.110. The summed E-state index contributed by atoms with van der Waals surface area (Å²) in [7, 11) is 0. The topological polar surface area (TPSA) is 32.7 Å². The normalized spacial score (nSPS) is 34.5. The number of piperidine rings is 1. The van der Waals surface area contributed by atoms with Gasteiger partial charge in [-0.05, 0) is 51.1 Å². The summed E-state index contributed by atoms with van der Waals surface area (Å²) >= 11 is 0. The average molecular weight is 210 g/mol. The van der Waals surface area contributed by atoms with Gasteiger partial charge >= 0.3 is 0 Å². The molecule has 15 heavy (non-hydrogen) atoms. The number of likely N-dealkylation sites (tertiary alicyclic amines) is 1. The highest BCUT2D eigenvalue weighted by molar-refractivity contribution is 4.88. The Morgan fingerprint density at radius 2 is 1.93 bits per heavy atom. The molecule has 0 aromatic heterocycles. The Balaban J connectivity index is 1.78. The summed E-state index contributed by atoms with van der Waals surface area (Å²) in [4.78, 5) is 13.1. The molecule has 0 aromatic carbocycles. The molecule has 0 spiro atoms. The lowest BCUT2D eigenvalue weighted by Gasteiger charge is -2.35. The smallest absolute Gasteiger partial charge is 0.0935 e. The first-order valence-corrected chi connectivity index (χ1v) is 6.40. The first-order valence-electron chi connectivity index (χ1n) is 6.40. The minimum absolute atomic E-state index is 0.110. The van der Waals surface area contributed by atoms with Crippen molar-refractivity contribution in [1.29, 1.82) is 0 Å². The van der Waals surface area contributed by atoms with Crippen LogP contribution in [0.15, 0.2) is 5.18 Å². The Morgan fingerprint density at radius 3 is 2.47 bits per heavy atom. The van der Waals surface area contributed by atoms with Crippen LogP contribution in [-0.4, -0.2) is 30.1 Å². The van der Waals surface area contributed by atoms with E-state index in [4.69, 9.17) is 0 Å². The molecule has 2 rings (SSSR count). The number of nitrogens with zero attached hydrogens (tertiary/aromatic N) is 2. The number of rotatable bonds is 3. The fraction of sp³-hybridized carbons (Fsp3) is 1.00. The van der Waals surface area contributed by atoms with E-state index in [1.165, 1.54) is 38.8 Å². The molecule has 0 radical (unpaired) electrons. The summed E-state index contributed by atoms with van der Waals surface area (Å²) in [5.74, 6) is 0.947. The van der Waals surface area contributed by atoms with Crippen molar-refractivity contribution in [2.75, 3.05) is 13.1 Å². The van der Waals surface area contributed by atoms with Crippen molar-refractivity contribution in [2.45, 2.75) is 57.5 Å². The van der Waals surface area contributed by atoms with Crippen LogP contribution >= 0.6 is 0 Å².